The molecule has 1 heterocycles. The van der Waals surface area contributed by atoms with Gasteiger partial charge in [-0.25, -0.2) is 0 Å². The Balaban J connectivity index is 1.68. The average molecular weight is 301 g/mol. The molecule has 2 aromatic rings. The van der Waals surface area contributed by atoms with Crippen molar-refractivity contribution in [1.29, 1.82) is 0 Å². The van der Waals surface area contributed by atoms with E-state index in [0.717, 1.165) is 18.7 Å². The van der Waals surface area contributed by atoms with Crippen molar-refractivity contribution in [3.05, 3.63) is 64.7 Å². The van der Waals surface area contributed by atoms with Crippen LogP contribution in [-0.2, 0) is 11.2 Å². The van der Waals surface area contributed by atoms with Gasteiger partial charge in [-0.2, -0.15) is 0 Å². The van der Waals surface area contributed by atoms with E-state index in [1.165, 1.54) is 11.1 Å². The Hall–Kier alpha value is -1.84. The lowest BCUT2D eigenvalue weighted by atomic mass is 9.92. The topological polar surface area (TPSA) is 41.1 Å². The largest absolute Gasteiger partial charge is 0.326 e. The zero-order chi connectivity index (χ0) is 14.7. The van der Waals surface area contributed by atoms with Crippen LogP contribution in [0.2, 0.25) is 5.02 Å². The van der Waals surface area contributed by atoms with Gasteiger partial charge in [-0.15, -0.1) is 0 Å². The van der Waals surface area contributed by atoms with E-state index >= 15 is 0 Å². The number of rotatable bonds is 3. The lowest BCUT2D eigenvalue weighted by Gasteiger charge is -2.26. The fourth-order valence-corrected chi connectivity index (χ4v) is 2.93. The zero-order valence-corrected chi connectivity index (χ0v) is 12.4. The Bertz CT molecular complexity index is 657. The summed E-state index contributed by atoms with van der Waals surface area (Å²) < 4.78 is 0. The van der Waals surface area contributed by atoms with E-state index in [9.17, 15) is 4.79 Å². The maximum absolute atomic E-state index is 12.2. The van der Waals surface area contributed by atoms with Gasteiger partial charge in [-0.1, -0.05) is 41.9 Å². The molecule has 4 heteroatoms. The first-order valence-electron chi connectivity index (χ1n) is 7.09. The highest BCUT2D eigenvalue weighted by Gasteiger charge is 2.21. The summed E-state index contributed by atoms with van der Waals surface area (Å²) in [5.41, 5.74) is 3.29. The zero-order valence-electron chi connectivity index (χ0n) is 11.6. The molecule has 0 saturated heterocycles. The predicted molar refractivity (Wildman–Crippen MR) is 85.6 cm³/mol. The molecule has 0 saturated carbocycles. The van der Waals surface area contributed by atoms with Crippen LogP contribution < -0.4 is 10.6 Å². The second kappa shape index (κ2) is 6.29. The summed E-state index contributed by atoms with van der Waals surface area (Å²) in [6.07, 6.45) is 1.44. The molecule has 1 unspecified atom stereocenters. The lowest BCUT2D eigenvalue weighted by Crippen LogP contribution is -2.32. The number of halogens is 1. The molecule has 3 rings (SSSR count). The van der Waals surface area contributed by atoms with Crippen LogP contribution in [0.15, 0.2) is 48.5 Å². The maximum atomic E-state index is 12.2. The molecule has 0 spiro atoms. The Morgan fingerprint density at radius 3 is 2.95 bits per heavy atom. The fourth-order valence-electron chi connectivity index (χ4n) is 2.74. The first-order valence-corrected chi connectivity index (χ1v) is 7.47. The summed E-state index contributed by atoms with van der Waals surface area (Å²) >= 11 is 5.92. The van der Waals surface area contributed by atoms with Gasteiger partial charge in [0.2, 0.25) is 5.91 Å². The molecule has 0 fully saturated rings. The highest BCUT2D eigenvalue weighted by Crippen LogP contribution is 2.25. The van der Waals surface area contributed by atoms with Crippen molar-refractivity contribution in [2.24, 2.45) is 0 Å². The smallest absolute Gasteiger partial charge is 0.226 e. The third kappa shape index (κ3) is 3.43. The van der Waals surface area contributed by atoms with E-state index in [1.54, 1.807) is 12.1 Å². The molecule has 0 radical (unpaired) electrons. The Kier molecular flexibility index (Phi) is 4.23. The summed E-state index contributed by atoms with van der Waals surface area (Å²) in [4.78, 5) is 12.2. The monoisotopic (exact) mass is 300 g/mol. The molecule has 108 valence electrons. The quantitative estimate of drug-likeness (QED) is 0.910. The van der Waals surface area contributed by atoms with Gasteiger partial charge < -0.3 is 10.6 Å². The van der Waals surface area contributed by atoms with Crippen LogP contribution >= 0.6 is 11.6 Å². The van der Waals surface area contributed by atoms with E-state index in [4.69, 9.17) is 11.6 Å². The highest BCUT2D eigenvalue weighted by atomic mass is 35.5. The molecule has 1 aliphatic rings. The molecule has 21 heavy (non-hydrogen) atoms. The summed E-state index contributed by atoms with van der Waals surface area (Å²) in [6.45, 7) is 0.909. The molecule has 2 N–H and O–H groups in total. The first kappa shape index (κ1) is 14.1. The van der Waals surface area contributed by atoms with E-state index in [1.807, 2.05) is 24.3 Å². The van der Waals surface area contributed by atoms with Gasteiger partial charge in [-0.3, -0.25) is 4.79 Å². The number of hydrogen-bond donors (Lipinski definition) is 2. The summed E-state index contributed by atoms with van der Waals surface area (Å²) in [5.74, 6) is -0.00790. The summed E-state index contributed by atoms with van der Waals surface area (Å²) in [7, 11) is 0. The second-order valence-corrected chi connectivity index (χ2v) is 5.65. The number of anilines is 1. The second-order valence-electron chi connectivity index (χ2n) is 5.22. The molecule has 3 nitrogen and oxygen atoms in total. The van der Waals surface area contributed by atoms with Crippen LogP contribution in [0, 0.1) is 0 Å². The molecule has 1 atom stereocenters. The molecular weight excluding hydrogens is 284 g/mol. The Morgan fingerprint density at radius 1 is 1.24 bits per heavy atom. The van der Waals surface area contributed by atoms with Crippen LogP contribution in [0.5, 0.6) is 0 Å². The van der Waals surface area contributed by atoms with Gasteiger partial charge in [0, 0.05) is 23.2 Å². The van der Waals surface area contributed by atoms with Crippen molar-refractivity contribution in [3.63, 3.8) is 0 Å². The first-order chi connectivity index (χ1) is 10.2. The fraction of sp³-hybridized carbons (Fsp3) is 0.235. The van der Waals surface area contributed by atoms with E-state index in [0.29, 0.717) is 11.4 Å². The minimum absolute atomic E-state index is 0.00790. The van der Waals surface area contributed by atoms with Crippen LogP contribution in [0.25, 0.3) is 0 Å². The van der Waals surface area contributed by atoms with E-state index < -0.39 is 0 Å². The molecular formula is C17H17ClN2O. The van der Waals surface area contributed by atoms with Gasteiger partial charge in [0.25, 0.3) is 0 Å². The molecule has 1 aliphatic heterocycles. The number of carbonyl (C=O) groups excluding carboxylic acids is 1. The van der Waals surface area contributed by atoms with Crippen molar-refractivity contribution >= 4 is 23.2 Å². The van der Waals surface area contributed by atoms with Gasteiger partial charge in [0.15, 0.2) is 0 Å². The standard InChI is InChI=1S/C17H17ClN2O/c18-13-5-3-6-14(10-13)20-17(21)11-16-15-7-2-1-4-12(15)8-9-19-16/h1-7,10,16,19H,8-9,11H2,(H,20,21). The lowest BCUT2D eigenvalue weighted by molar-refractivity contribution is -0.116. The third-order valence-electron chi connectivity index (χ3n) is 3.71. The number of amides is 1. The molecule has 0 aromatic heterocycles. The van der Waals surface area contributed by atoms with Crippen LogP contribution in [0.1, 0.15) is 23.6 Å². The van der Waals surface area contributed by atoms with Crippen molar-refractivity contribution in [3.8, 4) is 0 Å². The number of carbonyl (C=O) groups is 1. The predicted octanol–water partition coefficient (Wildman–Crippen LogP) is 3.56. The van der Waals surface area contributed by atoms with E-state index in [2.05, 4.69) is 22.8 Å². The van der Waals surface area contributed by atoms with Crippen molar-refractivity contribution in [2.45, 2.75) is 18.9 Å². The van der Waals surface area contributed by atoms with Gasteiger partial charge in [-0.05, 0) is 42.3 Å². The van der Waals surface area contributed by atoms with Crippen LogP contribution in [0.3, 0.4) is 0 Å². The molecule has 2 aromatic carbocycles. The maximum Gasteiger partial charge on any atom is 0.226 e. The van der Waals surface area contributed by atoms with Crippen molar-refractivity contribution < 1.29 is 4.79 Å². The summed E-state index contributed by atoms with van der Waals surface area (Å²) in [6, 6.07) is 15.6. The van der Waals surface area contributed by atoms with Crippen molar-refractivity contribution in [2.75, 3.05) is 11.9 Å². The normalized spacial score (nSPS) is 17.1. The molecule has 0 bridgehead atoms. The highest BCUT2D eigenvalue weighted by molar-refractivity contribution is 6.30. The number of fused-ring (bicyclic) bond motifs is 1. The number of hydrogen-bond acceptors (Lipinski definition) is 2. The molecule has 1 amide bonds. The van der Waals surface area contributed by atoms with Gasteiger partial charge >= 0.3 is 0 Å². The Labute approximate surface area is 129 Å². The average Bonchev–Trinajstić information content (AvgIpc) is 2.47. The van der Waals surface area contributed by atoms with E-state index in [-0.39, 0.29) is 11.9 Å². The van der Waals surface area contributed by atoms with Gasteiger partial charge in [0.1, 0.15) is 0 Å². The van der Waals surface area contributed by atoms with Crippen molar-refractivity contribution in [1.82, 2.24) is 5.32 Å². The molecule has 0 aliphatic carbocycles. The minimum atomic E-state index is -0.00790. The van der Waals surface area contributed by atoms with Crippen LogP contribution in [0.4, 0.5) is 5.69 Å². The Morgan fingerprint density at radius 2 is 2.10 bits per heavy atom. The minimum Gasteiger partial charge on any atom is -0.326 e. The number of nitrogens with one attached hydrogen (secondary N) is 2. The number of benzene rings is 2. The van der Waals surface area contributed by atoms with Gasteiger partial charge in [0.05, 0.1) is 0 Å². The third-order valence-corrected chi connectivity index (χ3v) is 3.95. The SMILES string of the molecule is O=C(CC1NCCc2ccccc21)Nc1cccc(Cl)c1. The summed E-state index contributed by atoms with van der Waals surface area (Å²) in [5, 5.41) is 6.93. The van der Waals surface area contributed by atoms with Crippen LogP contribution in [-0.4, -0.2) is 12.5 Å².